The van der Waals surface area contributed by atoms with Gasteiger partial charge in [-0.15, -0.1) is 0 Å². The highest BCUT2D eigenvalue weighted by Crippen LogP contribution is 2.29. The van der Waals surface area contributed by atoms with Crippen LogP contribution in [-0.4, -0.2) is 16.1 Å². The third kappa shape index (κ3) is 1.94. The molecule has 0 saturated carbocycles. The van der Waals surface area contributed by atoms with Crippen molar-refractivity contribution in [3.05, 3.63) is 41.0 Å². The highest BCUT2D eigenvalue weighted by atomic mass is 19.1. The number of carbonyl (C=O) groups is 1. The summed E-state index contributed by atoms with van der Waals surface area (Å²) in [7, 11) is 0. The van der Waals surface area contributed by atoms with Crippen LogP contribution in [0.5, 0.6) is 0 Å². The summed E-state index contributed by atoms with van der Waals surface area (Å²) in [5.74, 6) is -0.331. The van der Waals surface area contributed by atoms with E-state index in [1.54, 1.807) is 6.07 Å². The van der Waals surface area contributed by atoms with E-state index in [1.807, 2.05) is 25.5 Å². The quantitative estimate of drug-likeness (QED) is 0.780. The molecule has 1 heterocycles. The summed E-state index contributed by atoms with van der Waals surface area (Å²) < 4.78 is 15.7. The van der Waals surface area contributed by atoms with Crippen LogP contribution in [0.1, 0.15) is 28.7 Å². The summed E-state index contributed by atoms with van der Waals surface area (Å²) in [5, 5.41) is 4.36. The molecular formula is C14H15FN2O. The second kappa shape index (κ2) is 4.72. The lowest BCUT2D eigenvalue weighted by molar-refractivity contribution is 0.112. The SMILES string of the molecule is CCn1nc(C)c(-c2cc(C=O)ccc2F)c1C. The summed E-state index contributed by atoms with van der Waals surface area (Å²) in [4.78, 5) is 10.8. The highest BCUT2D eigenvalue weighted by Gasteiger charge is 2.16. The second-order valence-corrected chi connectivity index (χ2v) is 4.22. The molecule has 0 fully saturated rings. The number of hydrogen-bond acceptors (Lipinski definition) is 2. The number of benzene rings is 1. The summed E-state index contributed by atoms with van der Waals surface area (Å²) in [6, 6.07) is 4.36. The van der Waals surface area contributed by atoms with Gasteiger partial charge in [0, 0.05) is 28.9 Å². The van der Waals surface area contributed by atoms with Crippen molar-refractivity contribution in [2.24, 2.45) is 0 Å². The van der Waals surface area contributed by atoms with Gasteiger partial charge in [0.15, 0.2) is 0 Å². The Morgan fingerprint density at radius 3 is 2.67 bits per heavy atom. The van der Waals surface area contributed by atoms with E-state index in [2.05, 4.69) is 5.10 Å². The van der Waals surface area contributed by atoms with Crippen LogP contribution in [0.25, 0.3) is 11.1 Å². The van der Waals surface area contributed by atoms with Crippen LogP contribution in [0, 0.1) is 19.7 Å². The maximum Gasteiger partial charge on any atom is 0.150 e. The number of carbonyl (C=O) groups excluding carboxylic acids is 1. The standard InChI is InChI=1S/C14H15FN2O/c1-4-17-10(3)14(9(2)16-17)12-7-11(8-18)5-6-13(12)15/h5-8H,4H2,1-3H3. The van der Waals surface area contributed by atoms with Gasteiger partial charge in [-0.3, -0.25) is 9.48 Å². The highest BCUT2D eigenvalue weighted by molar-refractivity contribution is 5.80. The molecule has 0 aliphatic heterocycles. The lowest BCUT2D eigenvalue weighted by Crippen LogP contribution is -1.99. The van der Waals surface area contributed by atoms with Crippen molar-refractivity contribution in [2.45, 2.75) is 27.3 Å². The fourth-order valence-corrected chi connectivity index (χ4v) is 2.20. The molecule has 0 radical (unpaired) electrons. The molecule has 0 amide bonds. The van der Waals surface area contributed by atoms with E-state index in [1.165, 1.54) is 12.1 Å². The van der Waals surface area contributed by atoms with E-state index in [9.17, 15) is 9.18 Å². The minimum atomic E-state index is -0.331. The summed E-state index contributed by atoms with van der Waals surface area (Å²) >= 11 is 0. The molecule has 1 aromatic carbocycles. The van der Waals surface area contributed by atoms with Crippen LogP contribution < -0.4 is 0 Å². The zero-order valence-electron chi connectivity index (χ0n) is 10.7. The van der Waals surface area contributed by atoms with E-state index >= 15 is 0 Å². The molecular weight excluding hydrogens is 231 g/mol. The molecule has 1 aromatic heterocycles. The van der Waals surface area contributed by atoms with Crippen LogP contribution >= 0.6 is 0 Å². The number of aromatic nitrogens is 2. The molecule has 0 atom stereocenters. The van der Waals surface area contributed by atoms with Crippen molar-refractivity contribution in [2.75, 3.05) is 0 Å². The van der Waals surface area contributed by atoms with Gasteiger partial charge in [0.2, 0.25) is 0 Å². The number of nitrogens with zero attached hydrogens (tertiary/aromatic N) is 2. The lowest BCUT2D eigenvalue weighted by atomic mass is 10.0. The number of aryl methyl sites for hydroxylation is 2. The van der Waals surface area contributed by atoms with Crippen LogP contribution in [-0.2, 0) is 6.54 Å². The zero-order valence-corrected chi connectivity index (χ0v) is 10.7. The minimum Gasteiger partial charge on any atom is -0.298 e. The van der Waals surface area contributed by atoms with Crippen LogP contribution in [0.15, 0.2) is 18.2 Å². The van der Waals surface area contributed by atoms with Crippen molar-refractivity contribution in [3.8, 4) is 11.1 Å². The fourth-order valence-electron chi connectivity index (χ4n) is 2.20. The number of aldehydes is 1. The van der Waals surface area contributed by atoms with E-state index in [0.717, 1.165) is 29.8 Å². The Hall–Kier alpha value is -1.97. The predicted octanol–water partition coefficient (Wildman–Crippen LogP) is 3.14. The number of rotatable bonds is 3. The number of hydrogen-bond donors (Lipinski definition) is 0. The van der Waals surface area contributed by atoms with E-state index < -0.39 is 0 Å². The third-order valence-corrected chi connectivity index (χ3v) is 3.08. The summed E-state index contributed by atoms with van der Waals surface area (Å²) in [6.45, 7) is 6.48. The fraction of sp³-hybridized carbons (Fsp3) is 0.286. The van der Waals surface area contributed by atoms with Crippen LogP contribution in [0.2, 0.25) is 0 Å². The van der Waals surface area contributed by atoms with Crippen molar-refractivity contribution in [1.29, 1.82) is 0 Å². The van der Waals surface area contributed by atoms with E-state index in [0.29, 0.717) is 11.1 Å². The first kappa shape index (κ1) is 12.5. The Morgan fingerprint density at radius 1 is 1.39 bits per heavy atom. The molecule has 0 spiro atoms. The van der Waals surface area contributed by atoms with Gasteiger partial charge in [-0.2, -0.15) is 5.10 Å². The molecule has 0 saturated heterocycles. The van der Waals surface area contributed by atoms with Crippen molar-refractivity contribution < 1.29 is 9.18 Å². The molecule has 18 heavy (non-hydrogen) atoms. The molecule has 0 bridgehead atoms. The van der Waals surface area contributed by atoms with Crippen molar-refractivity contribution in [1.82, 2.24) is 9.78 Å². The summed E-state index contributed by atoms with van der Waals surface area (Å²) in [5.41, 5.74) is 3.37. The van der Waals surface area contributed by atoms with Gasteiger partial charge in [-0.1, -0.05) is 0 Å². The Kier molecular flexibility index (Phi) is 3.28. The van der Waals surface area contributed by atoms with E-state index in [-0.39, 0.29) is 5.82 Å². The second-order valence-electron chi connectivity index (χ2n) is 4.22. The normalized spacial score (nSPS) is 10.7. The average molecular weight is 246 g/mol. The Labute approximate surface area is 105 Å². The molecule has 94 valence electrons. The molecule has 4 heteroatoms. The van der Waals surface area contributed by atoms with E-state index in [4.69, 9.17) is 0 Å². The number of halogens is 1. The zero-order chi connectivity index (χ0) is 13.3. The lowest BCUT2D eigenvalue weighted by Gasteiger charge is -2.05. The first-order valence-electron chi connectivity index (χ1n) is 5.87. The monoisotopic (exact) mass is 246 g/mol. The van der Waals surface area contributed by atoms with Gasteiger partial charge in [0.25, 0.3) is 0 Å². The predicted molar refractivity (Wildman–Crippen MR) is 68.2 cm³/mol. The van der Waals surface area contributed by atoms with Gasteiger partial charge in [-0.05, 0) is 39.0 Å². The van der Waals surface area contributed by atoms with Crippen LogP contribution in [0.4, 0.5) is 4.39 Å². The molecule has 0 N–H and O–H groups in total. The largest absolute Gasteiger partial charge is 0.298 e. The summed E-state index contributed by atoms with van der Waals surface area (Å²) in [6.07, 6.45) is 0.720. The maximum atomic E-state index is 13.9. The van der Waals surface area contributed by atoms with Crippen molar-refractivity contribution in [3.63, 3.8) is 0 Å². The van der Waals surface area contributed by atoms with Gasteiger partial charge < -0.3 is 0 Å². The minimum absolute atomic E-state index is 0.331. The third-order valence-electron chi connectivity index (χ3n) is 3.08. The first-order valence-corrected chi connectivity index (χ1v) is 5.87. The van der Waals surface area contributed by atoms with Crippen LogP contribution in [0.3, 0.4) is 0 Å². The van der Waals surface area contributed by atoms with Gasteiger partial charge in [0.05, 0.1) is 5.69 Å². The smallest absolute Gasteiger partial charge is 0.150 e. The first-order chi connectivity index (χ1) is 8.58. The molecule has 2 rings (SSSR count). The van der Waals surface area contributed by atoms with Gasteiger partial charge in [0.1, 0.15) is 12.1 Å². The average Bonchev–Trinajstić information content (AvgIpc) is 2.65. The molecule has 0 unspecified atom stereocenters. The molecule has 2 aromatic rings. The van der Waals surface area contributed by atoms with Crippen molar-refractivity contribution >= 4 is 6.29 Å². The molecule has 0 aliphatic rings. The molecule has 0 aliphatic carbocycles. The Balaban J connectivity index is 2.68. The topological polar surface area (TPSA) is 34.9 Å². The molecule has 3 nitrogen and oxygen atoms in total. The van der Waals surface area contributed by atoms with Gasteiger partial charge >= 0.3 is 0 Å². The maximum absolute atomic E-state index is 13.9. The van der Waals surface area contributed by atoms with Gasteiger partial charge in [-0.25, -0.2) is 4.39 Å². The Morgan fingerprint density at radius 2 is 2.11 bits per heavy atom. The Bertz CT molecular complexity index is 602.